The van der Waals surface area contributed by atoms with Crippen LogP contribution in [0.15, 0.2) is 85.5 Å². The van der Waals surface area contributed by atoms with E-state index in [9.17, 15) is 24.3 Å². The van der Waals surface area contributed by atoms with Gasteiger partial charge in [-0.1, -0.05) is 55.5 Å². The number of aliphatic hydroxyl groups excluding tert-OH is 1. The number of nitrogens with zero attached hydrogens (tertiary/aromatic N) is 3. The molecule has 0 bridgehead atoms. The summed E-state index contributed by atoms with van der Waals surface area (Å²) in [4.78, 5) is 57.5. The number of ether oxygens (including phenoxy) is 1. The topological polar surface area (TPSA) is 111 Å². The lowest BCUT2D eigenvalue weighted by Crippen LogP contribution is -2.48. The molecule has 0 radical (unpaired) electrons. The van der Waals surface area contributed by atoms with Crippen molar-refractivity contribution in [2.45, 2.75) is 62.7 Å². The number of carbonyl (C=O) groups excluding carboxylic acids is 3. The molecule has 3 heterocycles. The molecule has 0 unspecified atom stereocenters. The predicted octanol–water partition coefficient (Wildman–Crippen LogP) is 4.65. The molecule has 1 saturated heterocycles. The Hall–Kier alpha value is -4.09. The third kappa shape index (κ3) is 5.19. The number of amides is 3. The van der Waals surface area contributed by atoms with Crippen molar-refractivity contribution >= 4 is 43.6 Å². The van der Waals surface area contributed by atoms with Crippen LogP contribution in [-0.2, 0) is 37.7 Å². The van der Waals surface area contributed by atoms with Crippen LogP contribution in [0.1, 0.15) is 30.0 Å². The number of rotatable bonds is 9. The minimum atomic E-state index is -3.03. The monoisotopic (exact) mass is 639 g/mol. The van der Waals surface area contributed by atoms with Crippen molar-refractivity contribution in [2.24, 2.45) is 5.92 Å². The molecule has 10 heteroatoms. The lowest BCUT2D eigenvalue weighted by atomic mass is 9.82. The van der Waals surface area contributed by atoms with E-state index in [0.717, 1.165) is 17.5 Å². The first kappa shape index (κ1) is 31.9. The van der Waals surface area contributed by atoms with Gasteiger partial charge in [0.1, 0.15) is 0 Å². The Kier molecular flexibility index (Phi) is 8.49. The van der Waals surface area contributed by atoms with Crippen molar-refractivity contribution in [2.75, 3.05) is 23.0 Å². The highest BCUT2D eigenvalue weighted by Gasteiger charge is 2.66. The number of aliphatic hydroxyl groups is 1. The Morgan fingerprint density at radius 2 is 1.78 bits per heavy atom. The molecule has 5 atom stereocenters. The molecule has 9 nitrogen and oxygen atoms in total. The summed E-state index contributed by atoms with van der Waals surface area (Å²) in [7, 11) is -3.03. The van der Waals surface area contributed by atoms with E-state index < -0.39 is 31.5 Å². The zero-order valence-corrected chi connectivity index (χ0v) is 27.5. The number of benzene rings is 3. The second-order valence-corrected chi connectivity index (χ2v) is 17.1. The molecular weight excluding hydrogens is 598 g/mol. The van der Waals surface area contributed by atoms with Gasteiger partial charge in [-0.25, -0.2) is 0 Å². The second-order valence-electron chi connectivity index (χ2n) is 13.1. The molecule has 0 aliphatic carbocycles. The molecule has 3 amide bonds. The summed E-state index contributed by atoms with van der Waals surface area (Å²) in [5.74, 6) is -0.946. The van der Waals surface area contributed by atoms with Gasteiger partial charge in [0.05, 0.1) is 30.9 Å². The van der Waals surface area contributed by atoms with Gasteiger partial charge in [0.15, 0.2) is 13.9 Å². The summed E-state index contributed by atoms with van der Waals surface area (Å²) in [6, 6.07) is 22.2. The standard InChI is InChI=1S/C36H41N3O6Si/c1-5-17-37-31-16-15-28(39(23-41)27-13-7-6-8-14-27)19-30(31)36(35(37)43)24(2)34(46(3,4)44)32(45-36)20-33(42)38-21-26-12-10-9-11-25(26)18-29(38)22-40/h5-16,19,23-24,29,32,34,40,44H,1,17-18,20-22H2,2-4H3/t24-,29-,32+,34-,36+/m0/s1. The van der Waals surface area contributed by atoms with Crippen molar-refractivity contribution in [1.29, 1.82) is 0 Å². The number of anilines is 3. The van der Waals surface area contributed by atoms with Gasteiger partial charge in [-0.15, -0.1) is 6.58 Å². The maximum absolute atomic E-state index is 14.5. The van der Waals surface area contributed by atoms with E-state index in [0.29, 0.717) is 35.6 Å². The molecular formula is C36H41N3O6Si. The summed E-state index contributed by atoms with van der Waals surface area (Å²) >= 11 is 0. The largest absolute Gasteiger partial charge is 0.432 e. The number of fused-ring (bicyclic) bond motifs is 3. The lowest BCUT2D eigenvalue weighted by Gasteiger charge is -2.37. The van der Waals surface area contributed by atoms with Crippen LogP contribution in [0.2, 0.25) is 18.6 Å². The van der Waals surface area contributed by atoms with E-state index in [-0.39, 0.29) is 37.4 Å². The summed E-state index contributed by atoms with van der Waals surface area (Å²) in [6.07, 6.45) is 2.16. The molecule has 0 aromatic heterocycles. The molecule has 3 aromatic carbocycles. The van der Waals surface area contributed by atoms with Gasteiger partial charge < -0.3 is 24.4 Å². The fourth-order valence-electron chi connectivity index (χ4n) is 7.92. The van der Waals surface area contributed by atoms with Gasteiger partial charge in [0, 0.05) is 41.5 Å². The van der Waals surface area contributed by atoms with Crippen molar-refractivity contribution in [3.8, 4) is 0 Å². The Labute approximate surface area is 270 Å². The molecule has 3 aromatic rings. The quantitative estimate of drug-likeness (QED) is 0.201. The summed E-state index contributed by atoms with van der Waals surface area (Å²) in [6.45, 7) is 9.88. The Morgan fingerprint density at radius 3 is 2.43 bits per heavy atom. The van der Waals surface area contributed by atoms with Gasteiger partial charge in [-0.3, -0.25) is 19.3 Å². The minimum Gasteiger partial charge on any atom is -0.432 e. The molecule has 46 heavy (non-hydrogen) atoms. The molecule has 3 aliphatic heterocycles. The Bertz CT molecular complexity index is 1660. The van der Waals surface area contributed by atoms with Crippen molar-refractivity contribution in [1.82, 2.24) is 4.90 Å². The predicted molar refractivity (Wildman–Crippen MR) is 179 cm³/mol. The fraction of sp³-hybridized carbons (Fsp3) is 0.361. The SMILES string of the molecule is C=CCN1C(=O)[C@]2(O[C@H](CC(=O)N3Cc4ccccc4C[C@H]3CO)[C@@H]([Si](C)(C)O)[C@@H]2C)c2cc(N(C=O)c3ccccc3)ccc21. The van der Waals surface area contributed by atoms with Crippen LogP contribution in [-0.4, -0.2) is 66.6 Å². The lowest BCUT2D eigenvalue weighted by molar-refractivity contribution is -0.150. The number of carbonyl (C=O) groups is 3. The van der Waals surface area contributed by atoms with Crippen molar-refractivity contribution in [3.63, 3.8) is 0 Å². The first-order valence-corrected chi connectivity index (χ1v) is 18.8. The van der Waals surface area contributed by atoms with Crippen LogP contribution in [0.4, 0.5) is 17.1 Å². The first-order valence-electron chi connectivity index (χ1n) is 15.8. The normalized spacial score (nSPS) is 25.4. The van der Waals surface area contributed by atoms with Gasteiger partial charge in [0.25, 0.3) is 5.91 Å². The minimum absolute atomic E-state index is 0.0410. The molecule has 1 fully saturated rings. The van der Waals surface area contributed by atoms with Crippen LogP contribution < -0.4 is 9.80 Å². The highest BCUT2D eigenvalue weighted by atomic mass is 28.4. The summed E-state index contributed by atoms with van der Waals surface area (Å²) < 4.78 is 6.88. The molecule has 3 aliphatic rings. The second kappa shape index (κ2) is 12.3. The first-order chi connectivity index (χ1) is 22.0. The zero-order valence-electron chi connectivity index (χ0n) is 26.5. The van der Waals surface area contributed by atoms with Gasteiger partial charge in [-0.05, 0) is 61.0 Å². The third-order valence-electron chi connectivity index (χ3n) is 9.96. The third-order valence-corrected chi connectivity index (χ3v) is 12.5. The van der Waals surface area contributed by atoms with Crippen molar-refractivity contribution in [3.05, 3.63) is 102 Å². The summed E-state index contributed by atoms with van der Waals surface area (Å²) in [5.41, 5.74) is 2.71. The average Bonchev–Trinajstić information content (AvgIpc) is 3.47. The van der Waals surface area contributed by atoms with Crippen LogP contribution in [0.3, 0.4) is 0 Å². The molecule has 6 rings (SSSR count). The van der Waals surface area contributed by atoms with Crippen LogP contribution in [0.5, 0.6) is 0 Å². The Morgan fingerprint density at radius 1 is 1.09 bits per heavy atom. The maximum atomic E-state index is 14.5. The van der Waals surface area contributed by atoms with E-state index in [1.807, 2.05) is 86.7 Å². The van der Waals surface area contributed by atoms with E-state index in [1.54, 1.807) is 21.9 Å². The van der Waals surface area contributed by atoms with Crippen molar-refractivity contribution < 1.29 is 29.0 Å². The van der Waals surface area contributed by atoms with Gasteiger partial charge in [-0.2, -0.15) is 0 Å². The van der Waals surface area contributed by atoms with E-state index >= 15 is 0 Å². The highest BCUT2D eigenvalue weighted by molar-refractivity contribution is 6.71. The molecule has 240 valence electrons. The van der Waals surface area contributed by atoms with E-state index in [4.69, 9.17) is 4.74 Å². The summed E-state index contributed by atoms with van der Waals surface area (Å²) in [5, 5.41) is 10.2. The van der Waals surface area contributed by atoms with Gasteiger partial charge >= 0.3 is 0 Å². The van der Waals surface area contributed by atoms with Crippen LogP contribution >= 0.6 is 0 Å². The molecule has 2 N–H and O–H groups in total. The van der Waals surface area contributed by atoms with E-state index in [2.05, 4.69) is 6.58 Å². The zero-order chi connectivity index (χ0) is 32.8. The van der Waals surface area contributed by atoms with Crippen LogP contribution in [0.25, 0.3) is 0 Å². The van der Waals surface area contributed by atoms with E-state index in [1.165, 1.54) is 4.90 Å². The Balaban J connectivity index is 1.40. The number of hydrogen-bond acceptors (Lipinski definition) is 6. The van der Waals surface area contributed by atoms with Crippen LogP contribution in [0, 0.1) is 5.92 Å². The molecule has 1 spiro atoms. The number of hydrogen-bond donors (Lipinski definition) is 2. The van der Waals surface area contributed by atoms with Gasteiger partial charge in [0.2, 0.25) is 12.3 Å². The maximum Gasteiger partial charge on any atom is 0.264 e. The average molecular weight is 640 g/mol. The highest BCUT2D eigenvalue weighted by Crippen LogP contribution is 2.60. The number of para-hydroxylation sites is 1. The fourth-order valence-corrected chi connectivity index (χ4v) is 10.5. The smallest absolute Gasteiger partial charge is 0.264 e. The molecule has 0 saturated carbocycles.